The van der Waals surface area contributed by atoms with Gasteiger partial charge in [-0.1, -0.05) is 65.3 Å². The third-order valence-electron chi connectivity index (χ3n) is 7.50. The standard InChI is InChI=1S/C33H26F3N5O5S2/c1-20-7-9-22(10-8-20)29-19-30(33(34,35)36)41(38-29)24-13-17-26(18-14-24)48(44,45)40-28-6-4-3-5-27(28)32-31(21(2)46-39-32)23-11-15-25(16-12-23)47(37,42)43/h3-19,40H,1-2H3,(H2,37,42,43). The number of anilines is 1. The number of primary sulfonamides is 1. The SMILES string of the molecule is Cc1ccc(-c2cc(C(F)(F)F)n(-c3ccc(S(=O)(=O)Nc4ccccc4-c4noc(C)c4-c4ccc(S(N)(=O)=O)cc4)cc3)n2)cc1. The van der Waals surface area contributed by atoms with E-state index in [1.54, 1.807) is 49.4 Å². The van der Waals surface area contributed by atoms with Crippen molar-refractivity contribution >= 4 is 25.7 Å². The molecule has 6 aromatic rings. The first kappa shape index (κ1) is 32.7. The van der Waals surface area contributed by atoms with Gasteiger partial charge in [0, 0.05) is 11.1 Å². The zero-order valence-corrected chi connectivity index (χ0v) is 26.9. The van der Waals surface area contributed by atoms with Crippen LogP contribution in [0.15, 0.2) is 117 Å². The summed E-state index contributed by atoms with van der Waals surface area (Å²) in [6.07, 6.45) is -4.73. The van der Waals surface area contributed by atoms with Crippen LogP contribution in [0.5, 0.6) is 0 Å². The van der Waals surface area contributed by atoms with E-state index in [1.165, 1.54) is 54.6 Å². The molecule has 0 aliphatic carbocycles. The molecule has 0 saturated carbocycles. The summed E-state index contributed by atoms with van der Waals surface area (Å²) in [4.78, 5) is -0.300. The van der Waals surface area contributed by atoms with Crippen LogP contribution >= 0.6 is 0 Å². The third-order valence-corrected chi connectivity index (χ3v) is 9.81. The van der Waals surface area contributed by atoms with E-state index in [4.69, 9.17) is 9.66 Å². The quantitative estimate of drug-likeness (QED) is 0.175. The summed E-state index contributed by atoms with van der Waals surface area (Å²) in [7, 11) is -8.18. The van der Waals surface area contributed by atoms with Gasteiger partial charge in [-0.05, 0) is 67.9 Å². The molecule has 4 aromatic carbocycles. The molecule has 0 fully saturated rings. The number of nitrogens with two attached hydrogens (primary N) is 1. The Morgan fingerprint density at radius 3 is 2.02 bits per heavy atom. The Balaban J connectivity index is 1.32. The molecule has 10 nitrogen and oxygen atoms in total. The molecular formula is C33H26F3N5O5S2. The fraction of sp³-hybridized carbons (Fsp3) is 0.0909. The maximum absolute atomic E-state index is 14.0. The van der Waals surface area contributed by atoms with Gasteiger partial charge < -0.3 is 4.52 Å². The molecule has 2 aromatic heterocycles. The van der Waals surface area contributed by atoms with Crippen LogP contribution in [-0.4, -0.2) is 31.8 Å². The summed E-state index contributed by atoms with van der Waals surface area (Å²) in [5.41, 5.74) is 2.38. The highest BCUT2D eigenvalue weighted by atomic mass is 32.2. The number of nitrogens with zero attached hydrogens (tertiary/aromatic N) is 3. The summed E-state index contributed by atoms with van der Waals surface area (Å²) >= 11 is 0. The van der Waals surface area contributed by atoms with Crippen LogP contribution in [-0.2, 0) is 26.2 Å². The molecule has 48 heavy (non-hydrogen) atoms. The molecule has 0 bridgehead atoms. The van der Waals surface area contributed by atoms with Crippen molar-refractivity contribution in [2.24, 2.45) is 5.14 Å². The molecule has 2 heterocycles. The van der Waals surface area contributed by atoms with Crippen LogP contribution in [0, 0.1) is 13.8 Å². The Morgan fingerprint density at radius 2 is 1.40 bits per heavy atom. The van der Waals surface area contributed by atoms with E-state index in [9.17, 15) is 30.0 Å². The summed E-state index contributed by atoms with van der Waals surface area (Å²) in [5, 5.41) is 13.5. The fourth-order valence-corrected chi connectivity index (χ4v) is 6.70. The molecule has 0 saturated heterocycles. The van der Waals surface area contributed by atoms with Gasteiger partial charge in [0.15, 0.2) is 0 Å². The molecule has 3 N–H and O–H groups in total. The molecule has 0 aliphatic heterocycles. The van der Waals surface area contributed by atoms with E-state index in [0.717, 1.165) is 16.3 Å². The summed E-state index contributed by atoms with van der Waals surface area (Å²) in [5.74, 6) is 0.393. The normalized spacial score (nSPS) is 12.3. The van der Waals surface area contributed by atoms with Gasteiger partial charge in [0.05, 0.1) is 32.4 Å². The predicted molar refractivity (Wildman–Crippen MR) is 173 cm³/mol. The van der Waals surface area contributed by atoms with Crippen LogP contribution in [0.2, 0.25) is 0 Å². The van der Waals surface area contributed by atoms with Gasteiger partial charge in [-0.2, -0.15) is 18.3 Å². The third kappa shape index (κ3) is 6.47. The lowest BCUT2D eigenvalue weighted by Crippen LogP contribution is -2.15. The van der Waals surface area contributed by atoms with Crippen molar-refractivity contribution in [1.29, 1.82) is 0 Å². The van der Waals surface area contributed by atoms with Crippen LogP contribution in [0.4, 0.5) is 18.9 Å². The van der Waals surface area contributed by atoms with Gasteiger partial charge in [-0.3, -0.25) is 4.72 Å². The second kappa shape index (κ2) is 12.1. The van der Waals surface area contributed by atoms with Crippen molar-refractivity contribution < 1.29 is 34.5 Å². The molecular weight excluding hydrogens is 668 g/mol. The van der Waals surface area contributed by atoms with Crippen LogP contribution < -0.4 is 9.86 Å². The first-order valence-electron chi connectivity index (χ1n) is 14.2. The largest absolute Gasteiger partial charge is 0.433 e. The lowest BCUT2D eigenvalue weighted by molar-refractivity contribution is -0.142. The van der Waals surface area contributed by atoms with Crippen LogP contribution in [0.3, 0.4) is 0 Å². The second-order valence-electron chi connectivity index (χ2n) is 10.9. The number of aromatic nitrogens is 3. The van der Waals surface area contributed by atoms with Gasteiger partial charge in [0.1, 0.15) is 17.1 Å². The monoisotopic (exact) mass is 693 g/mol. The number of benzene rings is 4. The number of aryl methyl sites for hydroxylation is 2. The number of sulfonamides is 2. The zero-order chi connectivity index (χ0) is 34.4. The maximum Gasteiger partial charge on any atom is 0.433 e. The Bertz CT molecular complexity index is 2350. The molecule has 0 unspecified atom stereocenters. The molecule has 0 radical (unpaired) electrons. The van der Waals surface area contributed by atoms with Gasteiger partial charge in [0.2, 0.25) is 10.0 Å². The first-order chi connectivity index (χ1) is 22.6. The Morgan fingerprint density at radius 1 is 0.792 bits per heavy atom. The number of rotatable bonds is 8. The number of hydrogen-bond donors (Lipinski definition) is 2. The lowest BCUT2D eigenvalue weighted by atomic mass is 9.99. The molecule has 246 valence electrons. The van der Waals surface area contributed by atoms with Crippen molar-refractivity contribution in [2.45, 2.75) is 29.8 Å². The Labute approximate surface area is 273 Å². The molecule has 0 atom stereocenters. The van der Waals surface area contributed by atoms with Gasteiger partial charge in [0.25, 0.3) is 10.0 Å². The molecule has 0 spiro atoms. The minimum absolute atomic E-state index is 0.0104. The smallest absolute Gasteiger partial charge is 0.360 e. The number of nitrogens with one attached hydrogen (secondary N) is 1. The number of para-hydroxylation sites is 1. The van der Waals surface area contributed by atoms with Gasteiger partial charge in [-0.25, -0.2) is 26.7 Å². The molecule has 15 heteroatoms. The topological polar surface area (TPSA) is 150 Å². The van der Waals surface area contributed by atoms with E-state index in [1.807, 2.05) is 6.92 Å². The zero-order valence-electron chi connectivity index (χ0n) is 25.2. The van der Waals surface area contributed by atoms with E-state index in [-0.39, 0.29) is 32.6 Å². The minimum Gasteiger partial charge on any atom is -0.360 e. The molecule has 0 aliphatic rings. The fourth-order valence-electron chi connectivity index (χ4n) is 5.10. The van der Waals surface area contributed by atoms with Crippen LogP contribution in [0.25, 0.3) is 39.3 Å². The Kier molecular flexibility index (Phi) is 8.23. The average molecular weight is 694 g/mol. The Hall–Kier alpha value is -5.25. The first-order valence-corrected chi connectivity index (χ1v) is 17.2. The number of alkyl halides is 3. The highest BCUT2D eigenvalue weighted by Gasteiger charge is 2.36. The summed E-state index contributed by atoms with van der Waals surface area (Å²) in [6.45, 7) is 3.51. The predicted octanol–water partition coefficient (Wildman–Crippen LogP) is 6.95. The van der Waals surface area contributed by atoms with E-state index < -0.39 is 31.9 Å². The highest BCUT2D eigenvalue weighted by Crippen LogP contribution is 2.39. The highest BCUT2D eigenvalue weighted by molar-refractivity contribution is 7.92. The summed E-state index contributed by atoms with van der Waals surface area (Å²) in [6, 6.07) is 24.9. The van der Waals surface area contributed by atoms with Crippen molar-refractivity contribution in [1.82, 2.24) is 14.9 Å². The van der Waals surface area contributed by atoms with E-state index >= 15 is 0 Å². The summed E-state index contributed by atoms with van der Waals surface area (Å²) < 4.78 is 101. The van der Waals surface area contributed by atoms with E-state index in [2.05, 4.69) is 15.0 Å². The van der Waals surface area contributed by atoms with Gasteiger partial charge in [-0.15, -0.1) is 0 Å². The minimum atomic E-state index is -4.73. The van der Waals surface area contributed by atoms with Gasteiger partial charge >= 0.3 is 6.18 Å². The van der Waals surface area contributed by atoms with E-state index in [0.29, 0.717) is 28.0 Å². The number of halogens is 3. The average Bonchev–Trinajstić information content (AvgIpc) is 3.66. The maximum atomic E-state index is 14.0. The van der Waals surface area contributed by atoms with Crippen molar-refractivity contribution in [3.8, 4) is 39.3 Å². The van der Waals surface area contributed by atoms with Crippen molar-refractivity contribution in [3.63, 3.8) is 0 Å². The van der Waals surface area contributed by atoms with Crippen molar-refractivity contribution in [3.05, 3.63) is 120 Å². The lowest BCUT2D eigenvalue weighted by Gasteiger charge is -2.14. The second-order valence-corrected chi connectivity index (χ2v) is 14.1. The molecule has 0 amide bonds. The van der Waals surface area contributed by atoms with Crippen LogP contribution in [0.1, 0.15) is 17.0 Å². The van der Waals surface area contributed by atoms with Crippen molar-refractivity contribution in [2.75, 3.05) is 4.72 Å². The number of hydrogen-bond acceptors (Lipinski definition) is 7. The molecule has 6 rings (SSSR count).